The summed E-state index contributed by atoms with van der Waals surface area (Å²) in [5, 5.41) is 18.7. The molecule has 4 nitrogen and oxygen atoms in total. The smallest absolute Gasteiger partial charge is 0.172 e. The van der Waals surface area contributed by atoms with Gasteiger partial charge in [0.1, 0.15) is 11.6 Å². The zero-order chi connectivity index (χ0) is 20.8. The fourth-order valence-electron chi connectivity index (χ4n) is 2.92. The van der Waals surface area contributed by atoms with Crippen molar-refractivity contribution in [2.24, 2.45) is 0 Å². The van der Waals surface area contributed by atoms with E-state index in [0.29, 0.717) is 25.9 Å². The molecule has 2 aromatic carbocycles. The van der Waals surface area contributed by atoms with Gasteiger partial charge in [-0.2, -0.15) is 0 Å². The average molecular weight is 400 g/mol. The first-order valence-electron chi connectivity index (χ1n) is 8.89. The van der Waals surface area contributed by atoms with Gasteiger partial charge in [-0.25, -0.2) is 17.6 Å². The Morgan fingerprint density at radius 1 is 0.679 bits per heavy atom. The van der Waals surface area contributed by atoms with Crippen LogP contribution in [0.3, 0.4) is 0 Å². The SMILES string of the molecule is CN(CCCCN(C)Cc1c(F)ccc(O)c1F)Cc1c(F)ccc(O)c1F. The van der Waals surface area contributed by atoms with Crippen LogP contribution in [0.4, 0.5) is 17.6 Å². The van der Waals surface area contributed by atoms with Crippen molar-refractivity contribution in [3.05, 3.63) is 58.7 Å². The number of hydrogen-bond acceptors (Lipinski definition) is 4. The van der Waals surface area contributed by atoms with Gasteiger partial charge in [-0.05, 0) is 64.3 Å². The molecule has 0 spiro atoms. The Balaban J connectivity index is 1.78. The normalized spacial score (nSPS) is 11.6. The van der Waals surface area contributed by atoms with Gasteiger partial charge in [-0.15, -0.1) is 0 Å². The summed E-state index contributed by atoms with van der Waals surface area (Å²) in [6, 6.07) is 4.00. The number of hydrogen-bond donors (Lipinski definition) is 2. The Morgan fingerprint density at radius 3 is 1.39 bits per heavy atom. The van der Waals surface area contributed by atoms with E-state index < -0.39 is 34.8 Å². The molecule has 0 unspecified atom stereocenters. The largest absolute Gasteiger partial charge is 0.505 e. The van der Waals surface area contributed by atoms with Gasteiger partial charge < -0.3 is 20.0 Å². The summed E-state index contributed by atoms with van der Waals surface area (Å²) in [6.07, 6.45) is 1.40. The molecule has 0 aliphatic carbocycles. The summed E-state index contributed by atoms with van der Waals surface area (Å²) in [5.41, 5.74) is -0.371. The Kier molecular flexibility index (Phi) is 7.65. The minimum atomic E-state index is -0.957. The van der Waals surface area contributed by atoms with Crippen molar-refractivity contribution < 1.29 is 27.8 Å². The van der Waals surface area contributed by atoms with E-state index in [0.717, 1.165) is 24.3 Å². The van der Waals surface area contributed by atoms with Gasteiger partial charge in [0.15, 0.2) is 23.1 Å². The summed E-state index contributed by atoms with van der Waals surface area (Å²) >= 11 is 0. The molecule has 2 aromatic rings. The molecule has 28 heavy (non-hydrogen) atoms. The monoisotopic (exact) mass is 400 g/mol. The Labute approximate surface area is 161 Å². The molecule has 0 radical (unpaired) electrons. The lowest BCUT2D eigenvalue weighted by Crippen LogP contribution is -2.24. The Hall–Kier alpha value is -2.32. The molecule has 2 rings (SSSR count). The summed E-state index contributed by atoms with van der Waals surface area (Å²) in [7, 11) is 3.42. The predicted molar refractivity (Wildman–Crippen MR) is 97.9 cm³/mol. The molecule has 154 valence electrons. The van der Waals surface area contributed by atoms with Gasteiger partial charge in [0.2, 0.25) is 0 Å². The molecule has 0 heterocycles. The third-order valence-corrected chi connectivity index (χ3v) is 4.52. The van der Waals surface area contributed by atoms with Crippen molar-refractivity contribution in [2.45, 2.75) is 25.9 Å². The van der Waals surface area contributed by atoms with Gasteiger partial charge >= 0.3 is 0 Å². The van der Waals surface area contributed by atoms with Crippen molar-refractivity contribution >= 4 is 0 Å². The number of rotatable bonds is 9. The lowest BCUT2D eigenvalue weighted by molar-refractivity contribution is 0.274. The van der Waals surface area contributed by atoms with E-state index in [9.17, 15) is 27.8 Å². The van der Waals surface area contributed by atoms with Crippen LogP contribution in [0.1, 0.15) is 24.0 Å². The molecule has 0 aliphatic rings. The van der Waals surface area contributed by atoms with Crippen LogP contribution in [0.5, 0.6) is 11.5 Å². The van der Waals surface area contributed by atoms with Crippen LogP contribution in [0.15, 0.2) is 24.3 Å². The van der Waals surface area contributed by atoms with Crippen LogP contribution in [0.25, 0.3) is 0 Å². The minimum Gasteiger partial charge on any atom is -0.505 e. The van der Waals surface area contributed by atoms with Crippen LogP contribution >= 0.6 is 0 Å². The molecule has 2 N–H and O–H groups in total. The molecular formula is C20H24F4N2O2. The van der Waals surface area contributed by atoms with Crippen molar-refractivity contribution in [2.75, 3.05) is 27.2 Å². The van der Waals surface area contributed by atoms with Crippen molar-refractivity contribution in [3.63, 3.8) is 0 Å². The topological polar surface area (TPSA) is 46.9 Å². The molecule has 0 saturated heterocycles. The van der Waals surface area contributed by atoms with Gasteiger partial charge in [-0.1, -0.05) is 0 Å². The summed E-state index contributed by atoms with van der Waals surface area (Å²) < 4.78 is 55.1. The molecule has 0 aliphatic heterocycles. The van der Waals surface area contributed by atoms with E-state index in [1.54, 1.807) is 23.9 Å². The first kappa shape index (κ1) is 22.0. The summed E-state index contributed by atoms with van der Waals surface area (Å²) in [5.74, 6) is -4.51. The van der Waals surface area contributed by atoms with Gasteiger partial charge in [0, 0.05) is 24.2 Å². The minimum absolute atomic E-state index is 0.0155. The van der Waals surface area contributed by atoms with Crippen LogP contribution in [0, 0.1) is 23.3 Å². The van der Waals surface area contributed by atoms with E-state index in [1.165, 1.54) is 0 Å². The first-order chi connectivity index (χ1) is 13.2. The van der Waals surface area contributed by atoms with Crippen LogP contribution in [-0.4, -0.2) is 47.2 Å². The lowest BCUT2D eigenvalue weighted by Gasteiger charge is -2.20. The van der Waals surface area contributed by atoms with Crippen LogP contribution in [0.2, 0.25) is 0 Å². The van der Waals surface area contributed by atoms with Gasteiger partial charge in [0.05, 0.1) is 0 Å². The summed E-state index contributed by atoms with van der Waals surface area (Å²) in [6.45, 7) is 1.14. The molecule has 0 atom stereocenters. The van der Waals surface area contributed by atoms with Gasteiger partial charge in [-0.3, -0.25) is 0 Å². The third kappa shape index (κ3) is 5.59. The number of unbranched alkanes of at least 4 members (excludes halogenated alkanes) is 1. The Morgan fingerprint density at radius 2 is 1.04 bits per heavy atom. The molecule has 0 saturated carbocycles. The molecule has 0 amide bonds. The highest BCUT2D eigenvalue weighted by molar-refractivity contribution is 5.31. The first-order valence-corrected chi connectivity index (χ1v) is 8.89. The fraction of sp³-hybridized carbons (Fsp3) is 0.400. The summed E-state index contributed by atoms with van der Waals surface area (Å²) in [4.78, 5) is 3.46. The maximum Gasteiger partial charge on any atom is 0.172 e. The number of phenols is 2. The van der Waals surface area contributed by atoms with Gasteiger partial charge in [0.25, 0.3) is 0 Å². The van der Waals surface area contributed by atoms with E-state index in [4.69, 9.17) is 0 Å². The lowest BCUT2D eigenvalue weighted by atomic mass is 10.1. The molecule has 0 fully saturated rings. The van der Waals surface area contributed by atoms with Crippen molar-refractivity contribution in [1.82, 2.24) is 9.80 Å². The third-order valence-electron chi connectivity index (χ3n) is 4.52. The number of aromatic hydroxyl groups is 2. The fourth-order valence-corrected chi connectivity index (χ4v) is 2.92. The zero-order valence-corrected chi connectivity index (χ0v) is 15.9. The van der Waals surface area contributed by atoms with E-state index >= 15 is 0 Å². The second-order valence-electron chi connectivity index (χ2n) is 6.90. The highest BCUT2D eigenvalue weighted by atomic mass is 19.1. The number of halogens is 4. The molecular weight excluding hydrogens is 376 g/mol. The van der Waals surface area contributed by atoms with E-state index in [2.05, 4.69) is 0 Å². The van der Waals surface area contributed by atoms with E-state index in [-0.39, 0.29) is 24.2 Å². The van der Waals surface area contributed by atoms with Crippen molar-refractivity contribution in [1.29, 1.82) is 0 Å². The Bertz CT molecular complexity index is 750. The number of benzene rings is 2. The quantitative estimate of drug-likeness (QED) is 0.494. The van der Waals surface area contributed by atoms with Crippen molar-refractivity contribution in [3.8, 4) is 11.5 Å². The zero-order valence-electron chi connectivity index (χ0n) is 15.9. The maximum atomic E-state index is 13.8. The standard InChI is InChI=1S/C20H24F4N2O2/c1-25(11-13-15(21)5-7-17(27)19(13)23)9-3-4-10-26(2)12-14-16(22)6-8-18(28)20(14)24/h5-8,27-28H,3-4,9-12H2,1-2H3. The number of phenolic OH excluding ortho intramolecular Hbond substituents is 2. The molecule has 0 aromatic heterocycles. The second-order valence-corrected chi connectivity index (χ2v) is 6.90. The van der Waals surface area contributed by atoms with Crippen LogP contribution < -0.4 is 0 Å². The van der Waals surface area contributed by atoms with Crippen LogP contribution in [-0.2, 0) is 13.1 Å². The second kappa shape index (κ2) is 9.75. The highest BCUT2D eigenvalue weighted by Crippen LogP contribution is 2.24. The number of nitrogens with zero attached hydrogens (tertiary/aromatic N) is 2. The maximum absolute atomic E-state index is 13.8. The predicted octanol–water partition coefficient (Wildman–Crippen LogP) is 4.00. The molecule has 0 bridgehead atoms. The van der Waals surface area contributed by atoms with E-state index in [1.807, 2.05) is 0 Å². The molecule has 8 heteroatoms. The highest BCUT2D eigenvalue weighted by Gasteiger charge is 2.16. The average Bonchev–Trinajstić information content (AvgIpc) is 2.66.